The van der Waals surface area contributed by atoms with Crippen molar-refractivity contribution in [2.45, 2.75) is 79.6 Å². The number of carboxylic acids is 1. The summed E-state index contributed by atoms with van der Waals surface area (Å²) in [5, 5.41) is 12.3. The number of carbonyl (C=O) groups is 3. The van der Waals surface area contributed by atoms with Crippen LogP contribution >= 0.6 is 11.6 Å². The zero-order chi connectivity index (χ0) is 28.0. The summed E-state index contributed by atoms with van der Waals surface area (Å²) in [6, 6.07) is 3.57. The van der Waals surface area contributed by atoms with E-state index in [-0.39, 0.29) is 22.4 Å². The summed E-state index contributed by atoms with van der Waals surface area (Å²) in [6.07, 6.45) is 2.41. The smallest absolute Gasteiger partial charge is 0.179 e. The predicted molar refractivity (Wildman–Crippen MR) is 143 cm³/mol. The molecule has 1 heterocycles. The highest BCUT2D eigenvalue weighted by atomic mass is 35.5. The molecular weight excluding hydrogens is 506 g/mol. The summed E-state index contributed by atoms with van der Waals surface area (Å²) >= 11 is 6.73. The molecular formula is C30H37ClNO6-. The molecule has 7 nitrogen and oxygen atoms in total. The lowest BCUT2D eigenvalue weighted by atomic mass is 9.63. The van der Waals surface area contributed by atoms with Crippen molar-refractivity contribution in [2.75, 3.05) is 19.8 Å². The minimum Gasteiger partial charge on any atom is -0.548 e. The normalized spacial score (nSPS) is 20.9. The van der Waals surface area contributed by atoms with Gasteiger partial charge in [0.25, 0.3) is 0 Å². The van der Waals surface area contributed by atoms with Gasteiger partial charge in [0.15, 0.2) is 23.1 Å². The van der Waals surface area contributed by atoms with Crippen molar-refractivity contribution >= 4 is 29.1 Å². The van der Waals surface area contributed by atoms with Crippen LogP contribution in [0.1, 0.15) is 85.1 Å². The monoisotopic (exact) mass is 542 g/mol. The quantitative estimate of drug-likeness (QED) is 0.458. The number of ketones is 2. The number of carboxylic acid groups (broad SMARTS) is 1. The number of carbonyl (C=O) groups excluding carboxylic acids is 3. The molecule has 0 saturated heterocycles. The van der Waals surface area contributed by atoms with Gasteiger partial charge in [-0.05, 0) is 54.7 Å². The fourth-order valence-corrected chi connectivity index (χ4v) is 6.34. The van der Waals surface area contributed by atoms with Crippen molar-refractivity contribution in [1.82, 2.24) is 4.90 Å². The third-order valence-corrected chi connectivity index (χ3v) is 7.71. The van der Waals surface area contributed by atoms with Gasteiger partial charge in [0, 0.05) is 41.3 Å². The molecule has 4 rings (SSSR count). The maximum absolute atomic E-state index is 13.8. The molecule has 0 radical (unpaired) electrons. The molecule has 0 amide bonds. The molecule has 0 saturated carbocycles. The number of hydrogen-bond acceptors (Lipinski definition) is 7. The Bertz CT molecular complexity index is 1190. The molecule has 0 fully saturated rings. The molecule has 0 spiro atoms. The Hall–Kier alpha value is -2.80. The predicted octanol–water partition coefficient (Wildman–Crippen LogP) is 4.96. The Morgan fingerprint density at radius 2 is 1.53 bits per heavy atom. The second-order valence-corrected chi connectivity index (χ2v) is 12.5. The van der Waals surface area contributed by atoms with Gasteiger partial charge in [-0.25, -0.2) is 0 Å². The number of ether oxygens (including phenoxy) is 2. The van der Waals surface area contributed by atoms with E-state index in [0.717, 1.165) is 6.42 Å². The van der Waals surface area contributed by atoms with Crippen molar-refractivity contribution in [2.24, 2.45) is 10.8 Å². The van der Waals surface area contributed by atoms with Crippen LogP contribution in [0.3, 0.4) is 0 Å². The molecule has 0 N–H and O–H groups in total. The molecule has 1 aromatic rings. The number of benzene rings is 1. The number of allylic oxidation sites excluding steroid dienone is 4. The molecule has 0 aromatic heterocycles. The van der Waals surface area contributed by atoms with Gasteiger partial charge in [-0.3, -0.25) is 9.59 Å². The van der Waals surface area contributed by atoms with Crippen LogP contribution in [0.2, 0.25) is 5.02 Å². The van der Waals surface area contributed by atoms with Gasteiger partial charge in [-0.2, -0.15) is 0 Å². The summed E-state index contributed by atoms with van der Waals surface area (Å²) in [6.45, 7) is 12.3. The van der Waals surface area contributed by atoms with E-state index in [9.17, 15) is 19.5 Å². The maximum atomic E-state index is 13.8. The maximum Gasteiger partial charge on any atom is 0.179 e. The molecule has 3 aliphatic rings. The number of nitrogens with zero attached hydrogens (tertiary/aromatic N) is 1. The van der Waals surface area contributed by atoms with E-state index in [4.69, 9.17) is 21.1 Å². The molecule has 0 unspecified atom stereocenters. The van der Waals surface area contributed by atoms with Gasteiger partial charge in [0.2, 0.25) is 0 Å². The van der Waals surface area contributed by atoms with E-state index in [2.05, 4.69) is 0 Å². The van der Waals surface area contributed by atoms with Crippen LogP contribution in [0.25, 0.3) is 0 Å². The summed E-state index contributed by atoms with van der Waals surface area (Å²) in [4.78, 5) is 41.2. The van der Waals surface area contributed by atoms with Gasteiger partial charge < -0.3 is 24.3 Å². The van der Waals surface area contributed by atoms with Crippen molar-refractivity contribution in [3.05, 3.63) is 45.3 Å². The summed E-state index contributed by atoms with van der Waals surface area (Å²) in [5.74, 6) is -1.21. The lowest BCUT2D eigenvalue weighted by Gasteiger charge is -2.49. The Kier molecular flexibility index (Phi) is 7.72. The number of halogens is 1. The van der Waals surface area contributed by atoms with Crippen LogP contribution in [0.4, 0.5) is 0 Å². The fourth-order valence-electron chi connectivity index (χ4n) is 6.06. The number of aliphatic carboxylic acids is 1. The zero-order valence-electron chi connectivity index (χ0n) is 23.2. The SMILES string of the molecule is CCCOc1c(Cl)cc(C2C3=C(CC(C)(C)CC3=O)N(CC(=O)[O-])C3=C2C(=O)CC(C)(C)C3)cc1OCC. The van der Waals surface area contributed by atoms with Crippen molar-refractivity contribution in [3.8, 4) is 11.5 Å². The molecule has 1 aromatic carbocycles. The van der Waals surface area contributed by atoms with Crippen molar-refractivity contribution in [1.29, 1.82) is 0 Å². The first-order valence-corrected chi connectivity index (χ1v) is 13.7. The molecule has 8 heteroatoms. The van der Waals surface area contributed by atoms with E-state index in [1.54, 1.807) is 11.0 Å². The highest BCUT2D eigenvalue weighted by Gasteiger charge is 2.49. The van der Waals surface area contributed by atoms with E-state index in [1.165, 1.54) is 0 Å². The standard InChI is InChI=1S/C30H38ClNO6/c1-7-9-38-28-18(31)10-17(11-23(28)37-8-2)25-26-19(12-29(3,4)14-21(26)33)32(16-24(35)36)20-13-30(5,6)15-22(34)27(20)25/h10-11,25H,7-9,12-16H2,1-6H3,(H,35,36)/p-1. The lowest BCUT2D eigenvalue weighted by Crippen LogP contribution is -2.47. The Morgan fingerprint density at radius 1 is 0.974 bits per heavy atom. The topological polar surface area (TPSA) is 96.0 Å². The van der Waals surface area contributed by atoms with E-state index < -0.39 is 18.4 Å². The van der Waals surface area contributed by atoms with Gasteiger partial charge in [-0.1, -0.05) is 46.2 Å². The Balaban J connectivity index is 2.00. The van der Waals surface area contributed by atoms with Gasteiger partial charge in [0.1, 0.15) is 0 Å². The number of hydrogen-bond donors (Lipinski definition) is 0. The third-order valence-electron chi connectivity index (χ3n) is 7.42. The Morgan fingerprint density at radius 3 is 2.00 bits per heavy atom. The van der Waals surface area contributed by atoms with Crippen LogP contribution in [0.15, 0.2) is 34.7 Å². The fraction of sp³-hybridized carbons (Fsp3) is 0.567. The van der Waals surface area contributed by atoms with Gasteiger partial charge in [-0.15, -0.1) is 0 Å². The number of Topliss-reactive ketones (excluding diaryl/α,β-unsaturated/α-hetero) is 2. The van der Waals surface area contributed by atoms with Crippen LogP contribution in [-0.4, -0.2) is 42.2 Å². The third kappa shape index (κ3) is 5.35. The Labute approximate surface area is 229 Å². The van der Waals surface area contributed by atoms with Crippen molar-refractivity contribution < 1.29 is 29.0 Å². The molecule has 0 atom stereocenters. The minimum absolute atomic E-state index is 0.0887. The van der Waals surface area contributed by atoms with E-state index in [1.807, 2.05) is 47.6 Å². The first kappa shape index (κ1) is 28.2. The second kappa shape index (κ2) is 10.4. The molecule has 1 aliphatic heterocycles. The molecule has 38 heavy (non-hydrogen) atoms. The van der Waals surface area contributed by atoms with E-state index >= 15 is 0 Å². The van der Waals surface area contributed by atoms with Crippen LogP contribution in [0, 0.1) is 10.8 Å². The first-order chi connectivity index (χ1) is 17.8. The average Bonchev–Trinajstić information content (AvgIpc) is 2.77. The second-order valence-electron chi connectivity index (χ2n) is 12.1. The molecule has 206 valence electrons. The summed E-state index contributed by atoms with van der Waals surface area (Å²) in [7, 11) is 0. The highest BCUT2D eigenvalue weighted by Crippen LogP contribution is 2.55. The highest BCUT2D eigenvalue weighted by molar-refractivity contribution is 6.32. The van der Waals surface area contributed by atoms with Crippen LogP contribution < -0.4 is 14.6 Å². The molecule has 0 bridgehead atoms. The van der Waals surface area contributed by atoms with Gasteiger partial charge in [0.05, 0.1) is 30.8 Å². The van der Waals surface area contributed by atoms with Crippen LogP contribution in [-0.2, 0) is 14.4 Å². The summed E-state index contributed by atoms with van der Waals surface area (Å²) < 4.78 is 11.8. The van der Waals surface area contributed by atoms with Crippen LogP contribution in [0.5, 0.6) is 11.5 Å². The summed E-state index contributed by atoms with van der Waals surface area (Å²) in [5.41, 5.74) is 2.20. The van der Waals surface area contributed by atoms with Crippen molar-refractivity contribution in [3.63, 3.8) is 0 Å². The van der Waals surface area contributed by atoms with Gasteiger partial charge >= 0.3 is 0 Å². The zero-order valence-corrected chi connectivity index (χ0v) is 23.9. The lowest BCUT2D eigenvalue weighted by molar-refractivity contribution is -0.305. The largest absolute Gasteiger partial charge is 0.548 e. The first-order valence-electron chi connectivity index (χ1n) is 13.4. The molecule has 2 aliphatic carbocycles. The van der Waals surface area contributed by atoms with E-state index in [0.29, 0.717) is 83.5 Å². The average molecular weight is 543 g/mol. The minimum atomic E-state index is -1.26. The number of rotatable bonds is 8.